The van der Waals surface area contributed by atoms with Crippen molar-refractivity contribution in [3.63, 3.8) is 0 Å². The second-order valence-electron chi connectivity index (χ2n) is 6.23. The van der Waals surface area contributed by atoms with Crippen LogP contribution in [0.15, 0.2) is 88.2 Å². The smallest absolute Gasteiger partial charge is 0.255 e. The lowest BCUT2D eigenvalue weighted by atomic mass is 10.2. The third-order valence-corrected chi connectivity index (χ3v) is 6.52. The molecular weight excluding hydrogens is 440 g/mol. The number of amides is 1. The van der Waals surface area contributed by atoms with E-state index in [1.54, 1.807) is 43.4 Å². The van der Waals surface area contributed by atoms with Crippen molar-refractivity contribution in [2.45, 2.75) is 11.4 Å². The van der Waals surface area contributed by atoms with E-state index in [0.29, 0.717) is 11.3 Å². The Morgan fingerprint density at radius 3 is 2.14 bits per heavy atom. The van der Waals surface area contributed by atoms with Crippen molar-refractivity contribution >= 4 is 37.5 Å². The van der Waals surface area contributed by atoms with Crippen LogP contribution >= 0.6 is 15.9 Å². The van der Waals surface area contributed by atoms with Crippen molar-refractivity contribution in [1.29, 1.82) is 0 Å². The van der Waals surface area contributed by atoms with Crippen LogP contribution in [0.5, 0.6) is 0 Å². The number of rotatable bonds is 6. The van der Waals surface area contributed by atoms with Crippen LogP contribution in [-0.4, -0.2) is 25.7 Å². The lowest BCUT2D eigenvalue weighted by Crippen LogP contribution is -2.26. The van der Waals surface area contributed by atoms with E-state index in [0.717, 1.165) is 10.0 Å². The molecule has 7 heteroatoms. The zero-order valence-electron chi connectivity index (χ0n) is 15.2. The molecule has 0 heterocycles. The van der Waals surface area contributed by atoms with Gasteiger partial charge in [0.2, 0.25) is 10.0 Å². The molecule has 0 fully saturated rings. The van der Waals surface area contributed by atoms with E-state index in [1.165, 1.54) is 16.4 Å². The van der Waals surface area contributed by atoms with Crippen LogP contribution in [0.3, 0.4) is 0 Å². The monoisotopic (exact) mass is 458 g/mol. The molecule has 0 aromatic heterocycles. The van der Waals surface area contributed by atoms with Crippen molar-refractivity contribution in [1.82, 2.24) is 4.31 Å². The van der Waals surface area contributed by atoms with Gasteiger partial charge in [0.1, 0.15) is 0 Å². The lowest BCUT2D eigenvalue weighted by Gasteiger charge is -2.17. The van der Waals surface area contributed by atoms with Crippen LogP contribution in [0.25, 0.3) is 0 Å². The first-order chi connectivity index (χ1) is 13.4. The average molecular weight is 459 g/mol. The SMILES string of the molecule is CN(Cc1ccccc1)S(=O)(=O)c1ccc(NC(=O)c2ccc(Br)cc2)cc1. The van der Waals surface area contributed by atoms with E-state index >= 15 is 0 Å². The Kier molecular flexibility index (Phi) is 6.28. The fourth-order valence-electron chi connectivity index (χ4n) is 2.62. The minimum absolute atomic E-state index is 0.174. The maximum absolute atomic E-state index is 12.8. The molecule has 0 spiro atoms. The van der Waals surface area contributed by atoms with Crippen molar-refractivity contribution in [3.05, 3.63) is 94.5 Å². The first kappa shape index (κ1) is 20.3. The molecule has 3 aromatic carbocycles. The van der Waals surface area contributed by atoms with Crippen LogP contribution in [0.1, 0.15) is 15.9 Å². The minimum Gasteiger partial charge on any atom is -0.322 e. The van der Waals surface area contributed by atoms with Gasteiger partial charge in [-0.3, -0.25) is 4.79 Å². The van der Waals surface area contributed by atoms with Gasteiger partial charge in [-0.05, 0) is 54.1 Å². The van der Waals surface area contributed by atoms with Crippen molar-refractivity contribution in [3.8, 4) is 0 Å². The molecule has 0 aliphatic heterocycles. The first-order valence-corrected chi connectivity index (χ1v) is 10.8. The Morgan fingerprint density at radius 2 is 1.54 bits per heavy atom. The molecule has 0 radical (unpaired) electrons. The molecule has 0 unspecified atom stereocenters. The van der Waals surface area contributed by atoms with E-state index in [2.05, 4.69) is 21.2 Å². The Labute approximate surface area is 173 Å². The number of hydrogen-bond donors (Lipinski definition) is 1. The molecule has 144 valence electrons. The van der Waals surface area contributed by atoms with Gasteiger partial charge in [0.15, 0.2) is 0 Å². The summed E-state index contributed by atoms with van der Waals surface area (Å²) in [7, 11) is -2.08. The van der Waals surface area contributed by atoms with Crippen molar-refractivity contribution < 1.29 is 13.2 Å². The Hall–Kier alpha value is -2.48. The zero-order valence-corrected chi connectivity index (χ0v) is 17.6. The number of carbonyl (C=O) groups is 1. The van der Waals surface area contributed by atoms with Gasteiger partial charge < -0.3 is 5.32 Å². The van der Waals surface area contributed by atoms with Gasteiger partial charge in [0.25, 0.3) is 5.91 Å². The molecule has 0 saturated carbocycles. The predicted octanol–water partition coefficient (Wildman–Crippen LogP) is 4.52. The fraction of sp³-hybridized carbons (Fsp3) is 0.0952. The standard InChI is InChI=1S/C21H19BrN2O3S/c1-24(15-16-5-3-2-4-6-16)28(26,27)20-13-11-19(12-14-20)23-21(25)17-7-9-18(22)10-8-17/h2-14H,15H2,1H3,(H,23,25). The zero-order chi connectivity index (χ0) is 20.1. The van der Waals surface area contributed by atoms with Gasteiger partial charge in [-0.15, -0.1) is 0 Å². The van der Waals surface area contributed by atoms with Gasteiger partial charge in [0.05, 0.1) is 4.90 Å². The highest BCUT2D eigenvalue weighted by molar-refractivity contribution is 9.10. The topological polar surface area (TPSA) is 66.5 Å². The second kappa shape index (κ2) is 8.68. The Balaban J connectivity index is 1.70. The third kappa shape index (κ3) is 4.86. The van der Waals surface area contributed by atoms with E-state index in [4.69, 9.17) is 0 Å². The van der Waals surface area contributed by atoms with E-state index in [1.807, 2.05) is 30.3 Å². The number of anilines is 1. The molecule has 28 heavy (non-hydrogen) atoms. The summed E-state index contributed by atoms with van der Waals surface area (Å²) in [5.74, 6) is -0.260. The molecule has 0 bridgehead atoms. The fourth-order valence-corrected chi connectivity index (χ4v) is 4.04. The van der Waals surface area contributed by atoms with Gasteiger partial charge in [0, 0.05) is 29.3 Å². The van der Waals surface area contributed by atoms with Gasteiger partial charge in [-0.2, -0.15) is 4.31 Å². The number of nitrogens with one attached hydrogen (secondary N) is 1. The normalized spacial score (nSPS) is 11.4. The summed E-state index contributed by atoms with van der Waals surface area (Å²) in [6, 6.07) is 22.5. The molecule has 3 rings (SSSR count). The van der Waals surface area contributed by atoms with Gasteiger partial charge >= 0.3 is 0 Å². The number of benzene rings is 3. The molecule has 1 N–H and O–H groups in total. The van der Waals surface area contributed by atoms with Crippen LogP contribution in [-0.2, 0) is 16.6 Å². The first-order valence-electron chi connectivity index (χ1n) is 8.53. The number of sulfonamides is 1. The molecule has 0 saturated heterocycles. The highest BCUT2D eigenvalue weighted by Crippen LogP contribution is 2.20. The lowest BCUT2D eigenvalue weighted by molar-refractivity contribution is 0.102. The maximum Gasteiger partial charge on any atom is 0.255 e. The summed E-state index contributed by atoms with van der Waals surface area (Å²) in [6.07, 6.45) is 0. The van der Waals surface area contributed by atoms with E-state index < -0.39 is 10.0 Å². The van der Waals surface area contributed by atoms with Gasteiger partial charge in [-0.25, -0.2) is 8.42 Å². The van der Waals surface area contributed by atoms with Crippen LogP contribution < -0.4 is 5.32 Å². The average Bonchev–Trinajstić information content (AvgIpc) is 2.69. The number of nitrogens with zero attached hydrogens (tertiary/aromatic N) is 1. The third-order valence-electron chi connectivity index (χ3n) is 4.17. The summed E-state index contributed by atoms with van der Waals surface area (Å²) in [5.41, 5.74) is 1.95. The molecule has 0 atom stereocenters. The molecule has 3 aromatic rings. The number of carbonyl (C=O) groups excluding carboxylic acids is 1. The summed E-state index contributed by atoms with van der Waals surface area (Å²) in [4.78, 5) is 12.4. The highest BCUT2D eigenvalue weighted by atomic mass is 79.9. The quantitative estimate of drug-likeness (QED) is 0.590. The summed E-state index contributed by atoms with van der Waals surface area (Å²) in [6.45, 7) is 0.283. The summed E-state index contributed by atoms with van der Waals surface area (Å²) in [5, 5.41) is 2.76. The number of halogens is 1. The maximum atomic E-state index is 12.8. The van der Waals surface area contributed by atoms with E-state index in [9.17, 15) is 13.2 Å². The second-order valence-corrected chi connectivity index (χ2v) is 9.19. The summed E-state index contributed by atoms with van der Waals surface area (Å²) < 4.78 is 27.7. The van der Waals surface area contributed by atoms with Crippen molar-refractivity contribution in [2.75, 3.05) is 12.4 Å². The van der Waals surface area contributed by atoms with E-state index in [-0.39, 0.29) is 17.3 Å². The van der Waals surface area contributed by atoms with Crippen LogP contribution in [0.4, 0.5) is 5.69 Å². The molecular formula is C21H19BrN2O3S. The highest BCUT2D eigenvalue weighted by Gasteiger charge is 2.21. The largest absolute Gasteiger partial charge is 0.322 e. The minimum atomic E-state index is -3.62. The van der Waals surface area contributed by atoms with Crippen molar-refractivity contribution in [2.24, 2.45) is 0 Å². The molecule has 5 nitrogen and oxygen atoms in total. The molecule has 0 aliphatic rings. The number of hydrogen-bond acceptors (Lipinski definition) is 3. The van der Waals surface area contributed by atoms with Crippen LogP contribution in [0.2, 0.25) is 0 Å². The van der Waals surface area contributed by atoms with Gasteiger partial charge in [-0.1, -0.05) is 46.3 Å². The summed E-state index contributed by atoms with van der Waals surface area (Å²) >= 11 is 3.33. The molecule has 1 amide bonds. The Bertz CT molecular complexity index is 1050. The molecule has 0 aliphatic carbocycles. The Morgan fingerprint density at radius 1 is 0.929 bits per heavy atom. The predicted molar refractivity (Wildman–Crippen MR) is 114 cm³/mol. The van der Waals surface area contributed by atoms with Crippen LogP contribution in [0, 0.1) is 0 Å².